The van der Waals surface area contributed by atoms with E-state index >= 15 is 0 Å². The Kier molecular flexibility index (Phi) is 5.29. The van der Waals surface area contributed by atoms with Crippen LogP contribution >= 0.6 is 0 Å². The Bertz CT molecular complexity index is 1320. The van der Waals surface area contributed by atoms with Gasteiger partial charge in [-0.25, -0.2) is 9.67 Å². The van der Waals surface area contributed by atoms with E-state index in [1.807, 2.05) is 67.1 Å². The van der Waals surface area contributed by atoms with Crippen LogP contribution < -0.4 is 15.0 Å². The summed E-state index contributed by atoms with van der Waals surface area (Å²) in [5.41, 5.74) is 4.83. The lowest BCUT2D eigenvalue weighted by Crippen LogP contribution is -2.37. The lowest BCUT2D eigenvalue weighted by Gasteiger charge is -2.26. The molecule has 0 saturated carbocycles. The SMILES string of the molecule is COc1cc(Nc2nc3n(n2)CCC(=O)N3Cc2ccccc2C)ccc1-n1cnc(C)c1. The molecule has 5 rings (SSSR count). The summed E-state index contributed by atoms with van der Waals surface area (Å²) < 4.78 is 9.29. The lowest BCUT2D eigenvalue weighted by molar-refractivity contribution is -0.119. The van der Waals surface area contributed by atoms with E-state index in [0.717, 1.165) is 28.2 Å². The third-order valence-electron chi connectivity index (χ3n) is 5.75. The second-order valence-electron chi connectivity index (χ2n) is 8.05. The number of hydrogen-bond donors (Lipinski definition) is 1. The molecule has 0 saturated heterocycles. The summed E-state index contributed by atoms with van der Waals surface area (Å²) in [5, 5.41) is 7.82. The molecule has 1 amide bonds. The van der Waals surface area contributed by atoms with Crippen molar-refractivity contribution in [2.24, 2.45) is 0 Å². The quantitative estimate of drug-likeness (QED) is 0.488. The van der Waals surface area contributed by atoms with Crippen molar-refractivity contribution in [2.45, 2.75) is 33.4 Å². The van der Waals surface area contributed by atoms with E-state index < -0.39 is 0 Å². The fourth-order valence-electron chi connectivity index (χ4n) is 3.95. The summed E-state index contributed by atoms with van der Waals surface area (Å²) >= 11 is 0. The molecule has 0 fully saturated rings. The van der Waals surface area contributed by atoms with Gasteiger partial charge in [-0.3, -0.25) is 9.69 Å². The molecule has 0 bridgehead atoms. The number of rotatable bonds is 6. The van der Waals surface area contributed by atoms with Gasteiger partial charge in [-0.15, -0.1) is 5.10 Å². The van der Waals surface area contributed by atoms with Crippen molar-refractivity contribution in [1.29, 1.82) is 0 Å². The Morgan fingerprint density at radius 3 is 2.76 bits per heavy atom. The summed E-state index contributed by atoms with van der Waals surface area (Å²) in [7, 11) is 1.63. The predicted octanol–water partition coefficient (Wildman–Crippen LogP) is 3.77. The maximum atomic E-state index is 12.7. The van der Waals surface area contributed by atoms with Gasteiger partial charge in [0.05, 0.1) is 37.9 Å². The molecule has 33 heavy (non-hydrogen) atoms. The largest absolute Gasteiger partial charge is 0.494 e. The number of amides is 1. The van der Waals surface area contributed by atoms with Gasteiger partial charge in [-0.2, -0.15) is 4.98 Å². The fourth-order valence-corrected chi connectivity index (χ4v) is 3.95. The van der Waals surface area contributed by atoms with Crippen LogP contribution in [0.5, 0.6) is 5.75 Å². The van der Waals surface area contributed by atoms with Crippen LogP contribution in [0.1, 0.15) is 23.2 Å². The minimum atomic E-state index is 0.0475. The van der Waals surface area contributed by atoms with E-state index in [9.17, 15) is 4.79 Å². The summed E-state index contributed by atoms with van der Waals surface area (Å²) in [6.07, 6.45) is 4.09. The van der Waals surface area contributed by atoms with Gasteiger partial charge in [0.1, 0.15) is 5.75 Å². The number of hydrogen-bond acceptors (Lipinski definition) is 6. The molecular formula is C24H25N7O2. The minimum absolute atomic E-state index is 0.0475. The number of benzene rings is 2. The Morgan fingerprint density at radius 1 is 1.15 bits per heavy atom. The zero-order valence-electron chi connectivity index (χ0n) is 18.8. The first-order valence-electron chi connectivity index (χ1n) is 10.8. The zero-order chi connectivity index (χ0) is 22.9. The molecule has 1 N–H and O–H groups in total. The maximum Gasteiger partial charge on any atom is 0.248 e. The molecule has 3 heterocycles. The second-order valence-corrected chi connectivity index (χ2v) is 8.05. The third-order valence-corrected chi connectivity index (χ3v) is 5.75. The zero-order valence-corrected chi connectivity index (χ0v) is 18.8. The number of fused-ring (bicyclic) bond motifs is 1. The summed E-state index contributed by atoms with van der Waals surface area (Å²) in [4.78, 5) is 23.3. The molecule has 0 atom stereocenters. The van der Waals surface area contributed by atoms with Crippen LogP contribution in [-0.4, -0.2) is 37.3 Å². The van der Waals surface area contributed by atoms with Gasteiger partial charge in [-0.1, -0.05) is 24.3 Å². The molecule has 9 heteroatoms. The Labute approximate surface area is 191 Å². The van der Waals surface area contributed by atoms with Crippen LogP contribution in [0.15, 0.2) is 55.0 Å². The van der Waals surface area contributed by atoms with Crippen molar-refractivity contribution in [3.05, 3.63) is 71.8 Å². The Balaban J connectivity index is 1.41. The first-order chi connectivity index (χ1) is 16.0. The van der Waals surface area contributed by atoms with Crippen molar-refractivity contribution in [2.75, 3.05) is 17.3 Å². The molecule has 168 valence electrons. The molecule has 0 aliphatic carbocycles. The second kappa shape index (κ2) is 8.42. The van der Waals surface area contributed by atoms with Crippen molar-refractivity contribution >= 4 is 23.5 Å². The number of aromatic nitrogens is 5. The van der Waals surface area contributed by atoms with Gasteiger partial charge >= 0.3 is 0 Å². The molecule has 1 aliphatic rings. The highest BCUT2D eigenvalue weighted by Gasteiger charge is 2.28. The summed E-state index contributed by atoms with van der Waals surface area (Å²) in [5.74, 6) is 1.72. The van der Waals surface area contributed by atoms with Crippen LogP contribution in [0.25, 0.3) is 5.69 Å². The normalized spacial score (nSPS) is 13.2. The number of carbonyl (C=O) groups excluding carboxylic acids is 1. The van der Waals surface area contributed by atoms with Crippen molar-refractivity contribution in [3.63, 3.8) is 0 Å². The highest BCUT2D eigenvalue weighted by atomic mass is 16.5. The van der Waals surface area contributed by atoms with Crippen LogP contribution in [0.3, 0.4) is 0 Å². The van der Waals surface area contributed by atoms with Gasteiger partial charge in [0.2, 0.25) is 17.8 Å². The van der Waals surface area contributed by atoms with E-state index in [0.29, 0.717) is 37.2 Å². The van der Waals surface area contributed by atoms with Gasteiger partial charge in [0, 0.05) is 24.4 Å². The minimum Gasteiger partial charge on any atom is -0.494 e. The molecule has 4 aromatic rings. The fraction of sp³-hybridized carbons (Fsp3) is 0.250. The van der Waals surface area contributed by atoms with E-state index in [4.69, 9.17) is 4.74 Å². The van der Waals surface area contributed by atoms with Crippen molar-refractivity contribution in [1.82, 2.24) is 24.3 Å². The van der Waals surface area contributed by atoms with Crippen LogP contribution in [0, 0.1) is 13.8 Å². The van der Waals surface area contributed by atoms with Crippen LogP contribution in [-0.2, 0) is 17.9 Å². The molecule has 2 aromatic heterocycles. The lowest BCUT2D eigenvalue weighted by atomic mass is 10.1. The summed E-state index contributed by atoms with van der Waals surface area (Å²) in [6.45, 7) is 4.97. The molecule has 9 nitrogen and oxygen atoms in total. The molecule has 0 spiro atoms. The summed E-state index contributed by atoms with van der Waals surface area (Å²) in [6, 6.07) is 13.8. The number of anilines is 3. The number of nitrogens with zero attached hydrogens (tertiary/aromatic N) is 6. The smallest absolute Gasteiger partial charge is 0.248 e. The topological polar surface area (TPSA) is 90.1 Å². The highest BCUT2D eigenvalue weighted by molar-refractivity contribution is 5.93. The van der Waals surface area contributed by atoms with Crippen LogP contribution in [0.4, 0.5) is 17.6 Å². The predicted molar refractivity (Wildman–Crippen MR) is 125 cm³/mol. The molecule has 1 aliphatic heterocycles. The van der Waals surface area contributed by atoms with Crippen molar-refractivity contribution < 1.29 is 9.53 Å². The Hall–Kier alpha value is -4.14. The first kappa shape index (κ1) is 20.7. The number of nitrogens with one attached hydrogen (secondary N) is 1. The monoisotopic (exact) mass is 443 g/mol. The average Bonchev–Trinajstić information content (AvgIpc) is 3.43. The van der Waals surface area contributed by atoms with E-state index in [1.165, 1.54) is 0 Å². The third kappa shape index (κ3) is 4.05. The molecule has 2 aromatic carbocycles. The van der Waals surface area contributed by atoms with E-state index in [1.54, 1.807) is 23.0 Å². The number of imidazole rings is 1. The molecule has 0 unspecified atom stereocenters. The van der Waals surface area contributed by atoms with Gasteiger partial charge in [0.15, 0.2) is 0 Å². The first-order valence-corrected chi connectivity index (χ1v) is 10.8. The van der Waals surface area contributed by atoms with Gasteiger partial charge in [0.25, 0.3) is 0 Å². The van der Waals surface area contributed by atoms with Gasteiger partial charge in [-0.05, 0) is 37.1 Å². The Morgan fingerprint density at radius 2 is 2.00 bits per heavy atom. The number of aryl methyl sites for hydroxylation is 3. The standard InChI is InChI=1S/C24H25N7O2/c1-16-6-4-5-7-18(16)14-30-22(32)10-11-31-24(30)27-23(28-31)26-19-8-9-20(21(12-19)33-3)29-13-17(2)25-15-29/h4-9,12-13,15H,10-11,14H2,1-3H3,(H,26,28). The maximum absolute atomic E-state index is 12.7. The van der Waals surface area contributed by atoms with E-state index in [-0.39, 0.29) is 5.91 Å². The van der Waals surface area contributed by atoms with Crippen LogP contribution in [0.2, 0.25) is 0 Å². The van der Waals surface area contributed by atoms with E-state index in [2.05, 4.69) is 20.4 Å². The number of carbonyl (C=O) groups is 1. The highest BCUT2D eigenvalue weighted by Crippen LogP contribution is 2.29. The average molecular weight is 444 g/mol. The molecular weight excluding hydrogens is 418 g/mol. The number of methoxy groups -OCH3 is 1. The van der Waals surface area contributed by atoms with Gasteiger partial charge < -0.3 is 14.6 Å². The number of ether oxygens (including phenoxy) is 1. The van der Waals surface area contributed by atoms with Crippen molar-refractivity contribution in [3.8, 4) is 11.4 Å². The molecule has 0 radical (unpaired) electrons.